The molecule has 1 unspecified atom stereocenters. The molecule has 4 rings (SSSR count). The van der Waals surface area contributed by atoms with Gasteiger partial charge in [0.05, 0.1) is 11.5 Å². The van der Waals surface area contributed by atoms with Gasteiger partial charge in [0.1, 0.15) is 10.1 Å². The van der Waals surface area contributed by atoms with Crippen molar-refractivity contribution in [2.24, 2.45) is 0 Å². The standard InChI is InChI=1S/C22H24N2O3S2/c1-12(2)27-21(26)13(3)29-22-23-19(25)18-17(11-28-20(18)24-22)16-9-8-14-6-4-5-7-15(14)10-16/h8-13H,4-7H2,1-3H3,(H,23,24,25). The molecule has 0 bridgehead atoms. The van der Waals surface area contributed by atoms with Crippen LogP contribution in [0, 0.1) is 0 Å². The minimum absolute atomic E-state index is 0.170. The maximum absolute atomic E-state index is 12.9. The lowest BCUT2D eigenvalue weighted by Gasteiger charge is -2.16. The van der Waals surface area contributed by atoms with E-state index in [-0.39, 0.29) is 17.6 Å². The topological polar surface area (TPSA) is 72.0 Å². The van der Waals surface area contributed by atoms with Crippen LogP contribution in [0.2, 0.25) is 0 Å². The van der Waals surface area contributed by atoms with E-state index in [9.17, 15) is 9.59 Å². The van der Waals surface area contributed by atoms with Crippen molar-refractivity contribution in [3.63, 3.8) is 0 Å². The number of benzene rings is 1. The number of rotatable bonds is 5. The average Bonchev–Trinajstić information content (AvgIpc) is 3.11. The van der Waals surface area contributed by atoms with Crippen molar-refractivity contribution in [1.29, 1.82) is 0 Å². The summed E-state index contributed by atoms with van der Waals surface area (Å²) in [5.74, 6) is -0.311. The van der Waals surface area contributed by atoms with Crippen molar-refractivity contribution in [3.05, 3.63) is 45.1 Å². The van der Waals surface area contributed by atoms with E-state index in [0.717, 1.165) is 24.0 Å². The first-order valence-electron chi connectivity index (χ1n) is 9.93. The number of hydrogen-bond acceptors (Lipinski definition) is 6. The van der Waals surface area contributed by atoms with Crippen LogP contribution in [0.5, 0.6) is 0 Å². The molecule has 0 radical (unpaired) electrons. The van der Waals surface area contributed by atoms with E-state index in [1.807, 2.05) is 19.2 Å². The SMILES string of the molecule is CC(C)OC(=O)C(C)Sc1nc2scc(-c3ccc4c(c3)CCCC4)c2c(=O)[nH]1. The lowest BCUT2D eigenvalue weighted by molar-refractivity contribution is -0.146. The number of ether oxygens (including phenoxy) is 1. The highest BCUT2D eigenvalue weighted by atomic mass is 32.2. The zero-order valence-electron chi connectivity index (χ0n) is 16.8. The fraction of sp³-hybridized carbons (Fsp3) is 0.409. The number of aromatic amines is 1. The number of nitrogens with zero attached hydrogens (tertiary/aromatic N) is 1. The number of carbonyl (C=O) groups is 1. The predicted molar refractivity (Wildman–Crippen MR) is 119 cm³/mol. The Morgan fingerprint density at radius 3 is 2.72 bits per heavy atom. The molecule has 1 N–H and O–H groups in total. The predicted octanol–water partition coefficient (Wildman–Crippen LogP) is 4.96. The van der Waals surface area contributed by atoms with Gasteiger partial charge in [-0.2, -0.15) is 0 Å². The molecule has 7 heteroatoms. The molecule has 0 saturated heterocycles. The molecule has 0 aliphatic heterocycles. The van der Waals surface area contributed by atoms with E-state index >= 15 is 0 Å². The lowest BCUT2D eigenvalue weighted by atomic mass is 9.89. The van der Waals surface area contributed by atoms with Gasteiger partial charge in [-0.05, 0) is 63.1 Å². The molecule has 2 heterocycles. The van der Waals surface area contributed by atoms with Gasteiger partial charge in [-0.15, -0.1) is 11.3 Å². The first-order valence-corrected chi connectivity index (χ1v) is 11.7. The Morgan fingerprint density at radius 1 is 1.21 bits per heavy atom. The van der Waals surface area contributed by atoms with E-state index in [1.165, 1.54) is 47.1 Å². The molecule has 29 heavy (non-hydrogen) atoms. The number of fused-ring (bicyclic) bond motifs is 2. The van der Waals surface area contributed by atoms with Gasteiger partial charge in [0.25, 0.3) is 5.56 Å². The Balaban J connectivity index is 1.64. The van der Waals surface area contributed by atoms with Gasteiger partial charge in [-0.3, -0.25) is 9.59 Å². The van der Waals surface area contributed by atoms with Crippen molar-refractivity contribution < 1.29 is 9.53 Å². The van der Waals surface area contributed by atoms with Gasteiger partial charge in [0.15, 0.2) is 5.16 Å². The second kappa shape index (κ2) is 8.32. The van der Waals surface area contributed by atoms with E-state index in [1.54, 1.807) is 6.92 Å². The van der Waals surface area contributed by atoms with Crippen LogP contribution in [0.25, 0.3) is 21.3 Å². The Hall–Kier alpha value is -2.12. The summed E-state index contributed by atoms with van der Waals surface area (Å²) < 4.78 is 5.23. The largest absolute Gasteiger partial charge is 0.462 e. The normalized spacial score (nSPS) is 14.8. The summed E-state index contributed by atoms with van der Waals surface area (Å²) in [6, 6.07) is 6.53. The highest BCUT2D eigenvalue weighted by Crippen LogP contribution is 2.34. The number of carbonyl (C=O) groups excluding carboxylic acids is 1. The summed E-state index contributed by atoms with van der Waals surface area (Å²) in [6.07, 6.45) is 4.55. The summed E-state index contributed by atoms with van der Waals surface area (Å²) in [4.78, 5) is 33.0. The van der Waals surface area contributed by atoms with Gasteiger partial charge >= 0.3 is 5.97 Å². The second-order valence-corrected chi connectivity index (χ2v) is 9.82. The smallest absolute Gasteiger partial charge is 0.319 e. The maximum atomic E-state index is 12.9. The number of aryl methyl sites for hydroxylation is 2. The van der Waals surface area contributed by atoms with E-state index < -0.39 is 5.25 Å². The molecule has 5 nitrogen and oxygen atoms in total. The fourth-order valence-electron chi connectivity index (χ4n) is 3.64. The third-order valence-electron chi connectivity index (χ3n) is 5.05. The van der Waals surface area contributed by atoms with Gasteiger partial charge in [-0.25, -0.2) is 4.98 Å². The van der Waals surface area contributed by atoms with E-state index in [4.69, 9.17) is 4.74 Å². The highest BCUT2D eigenvalue weighted by Gasteiger charge is 2.20. The first-order chi connectivity index (χ1) is 13.9. The molecule has 0 amide bonds. The summed E-state index contributed by atoms with van der Waals surface area (Å²) >= 11 is 2.67. The van der Waals surface area contributed by atoms with Crippen LogP contribution in [0.4, 0.5) is 0 Å². The van der Waals surface area contributed by atoms with Crippen LogP contribution in [-0.2, 0) is 22.4 Å². The second-order valence-electron chi connectivity index (χ2n) is 7.64. The quantitative estimate of drug-likeness (QED) is 0.353. The van der Waals surface area contributed by atoms with E-state index in [0.29, 0.717) is 15.4 Å². The molecular formula is C22H24N2O3S2. The Bertz CT molecular complexity index is 1120. The van der Waals surface area contributed by atoms with Gasteiger partial charge in [0.2, 0.25) is 0 Å². The number of aromatic nitrogens is 2. The van der Waals surface area contributed by atoms with Crippen LogP contribution in [0.3, 0.4) is 0 Å². The minimum atomic E-state index is -0.446. The number of thiophene rings is 1. The Morgan fingerprint density at radius 2 is 1.97 bits per heavy atom. The van der Waals surface area contributed by atoms with Crippen molar-refractivity contribution in [2.75, 3.05) is 0 Å². The molecular weight excluding hydrogens is 404 g/mol. The highest BCUT2D eigenvalue weighted by molar-refractivity contribution is 8.00. The van der Waals surface area contributed by atoms with Crippen molar-refractivity contribution in [2.45, 2.75) is 63.0 Å². The Labute approximate surface area is 177 Å². The summed E-state index contributed by atoms with van der Waals surface area (Å²) in [5.41, 5.74) is 4.64. The van der Waals surface area contributed by atoms with E-state index in [2.05, 4.69) is 28.2 Å². The molecule has 3 aromatic rings. The molecule has 0 saturated carbocycles. The fourth-order valence-corrected chi connectivity index (χ4v) is 5.43. The third-order valence-corrected chi connectivity index (χ3v) is 6.89. The molecule has 1 aromatic carbocycles. The monoisotopic (exact) mass is 428 g/mol. The van der Waals surface area contributed by atoms with Gasteiger partial charge in [0, 0.05) is 10.9 Å². The summed E-state index contributed by atoms with van der Waals surface area (Å²) in [6.45, 7) is 5.39. The van der Waals surface area contributed by atoms with Crippen molar-refractivity contribution in [1.82, 2.24) is 9.97 Å². The van der Waals surface area contributed by atoms with Gasteiger partial charge in [-0.1, -0.05) is 30.0 Å². The van der Waals surface area contributed by atoms with Crippen molar-refractivity contribution >= 4 is 39.3 Å². The molecule has 1 aliphatic carbocycles. The maximum Gasteiger partial charge on any atom is 0.319 e. The number of H-pyrrole nitrogens is 1. The van der Waals surface area contributed by atoms with Crippen molar-refractivity contribution in [3.8, 4) is 11.1 Å². The molecule has 1 aliphatic rings. The number of esters is 1. The molecule has 152 valence electrons. The van der Waals surface area contributed by atoms with Crippen LogP contribution < -0.4 is 5.56 Å². The Kier molecular flexibility index (Phi) is 5.79. The van der Waals surface area contributed by atoms with Gasteiger partial charge < -0.3 is 9.72 Å². The minimum Gasteiger partial charge on any atom is -0.462 e. The first kappa shape index (κ1) is 20.2. The van der Waals surface area contributed by atoms with Crippen LogP contribution in [-0.4, -0.2) is 27.3 Å². The van der Waals surface area contributed by atoms with Crippen LogP contribution >= 0.6 is 23.1 Å². The molecule has 1 atom stereocenters. The molecule has 0 fully saturated rings. The number of nitrogens with one attached hydrogen (secondary N) is 1. The lowest BCUT2D eigenvalue weighted by Crippen LogP contribution is -2.21. The average molecular weight is 429 g/mol. The number of hydrogen-bond donors (Lipinski definition) is 1. The number of thioether (sulfide) groups is 1. The zero-order chi connectivity index (χ0) is 20.5. The summed E-state index contributed by atoms with van der Waals surface area (Å²) in [5, 5.41) is 2.61. The molecule has 2 aromatic heterocycles. The zero-order valence-corrected chi connectivity index (χ0v) is 18.4. The van der Waals surface area contributed by atoms with Crippen LogP contribution in [0.1, 0.15) is 44.7 Å². The summed E-state index contributed by atoms with van der Waals surface area (Å²) in [7, 11) is 0. The third kappa shape index (κ3) is 4.26. The van der Waals surface area contributed by atoms with Crippen LogP contribution in [0.15, 0.2) is 33.5 Å². The molecule has 0 spiro atoms.